The number of halogens is 1. The van der Waals surface area contributed by atoms with E-state index in [1.54, 1.807) is 0 Å². The van der Waals surface area contributed by atoms with Gasteiger partial charge in [0, 0.05) is 6.07 Å². The summed E-state index contributed by atoms with van der Waals surface area (Å²) >= 11 is 5.86. The highest BCUT2D eigenvalue weighted by atomic mass is 35.5. The van der Waals surface area contributed by atoms with Gasteiger partial charge in [0.2, 0.25) is 0 Å². The Morgan fingerprint density at radius 1 is 1.35 bits per heavy atom. The summed E-state index contributed by atoms with van der Waals surface area (Å²) in [4.78, 5) is 0. The topological polar surface area (TPSA) is 91.0 Å². The highest BCUT2D eigenvalue weighted by molar-refractivity contribution is 6.36. The van der Waals surface area contributed by atoms with Crippen LogP contribution in [0.5, 0.6) is 11.5 Å². The number of nitrogens with zero attached hydrogens (tertiary/aromatic N) is 1. The van der Waals surface area contributed by atoms with Crippen LogP contribution in [0.1, 0.15) is 12.8 Å². The maximum absolute atomic E-state index is 10.9. The van der Waals surface area contributed by atoms with Crippen LogP contribution in [0.15, 0.2) is 6.07 Å². The van der Waals surface area contributed by atoms with Crippen LogP contribution in [0.3, 0.4) is 0 Å². The van der Waals surface area contributed by atoms with Gasteiger partial charge < -0.3 is 25.6 Å². The smallest absolute Gasteiger partial charge is 0.185 e. The molecule has 6 nitrogen and oxygen atoms in total. The number of benzene rings is 1. The first-order valence-electron chi connectivity index (χ1n) is 5.15. The summed E-state index contributed by atoms with van der Waals surface area (Å²) in [6.45, 7) is 1.01. The average molecular weight is 260 g/mol. The van der Waals surface area contributed by atoms with Gasteiger partial charge in [0.15, 0.2) is 11.5 Å². The minimum Gasteiger partial charge on any atom is -0.733 e. The highest BCUT2D eigenvalue weighted by Gasteiger charge is 2.19. The van der Waals surface area contributed by atoms with Gasteiger partial charge in [-0.05, 0) is 12.8 Å². The fraction of sp³-hybridized carbons (Fsp3) is 0.400. The molecule has 0 atom stereocenters. The van der Waals surface area contributed by atoms with Gasteiger partial charge in [0.25, 0.3) is 0 Å². The van der Waals surface area contributed by atoms with Crippen LogP contribution in [-0.4, -0.2) is 18.4 Å². The molecule has 0 amide bonds. The number of fused-ring (bicyclic) bond motifs is 1. The molecule has 7 heteroatoms. The molecule has 0 aromatic heterocycles. The van der Waals surface area contributed by atoms with Crippen LogP contribution in [0.25, 0.3) is 0 Å². The molecule has 0 saturated heterocycles. The van der Waals surface area contributed by atoms with Crippen molar-refractivity contribution in [2.24, 2.45) is 0 Å². The van der Waals surface area contributed by atoms with Crippen LogP contribution in [-0.2, 0) is 0 Å². The number of nitrogen functional groups attached to an aromatic ring is 1. The molecule has 1 aliphatic heterocycles. The Morgan fingerprint density at radius 2 is 2.00 bits per heavy atom. The molecule has 1 heterocycles. The van der Waals surface area contributed by atoms with E-state index in [9.17, 15) is 5.21 Å². The van der Waals surface area contributed by atoms with Crippen molar-refractivity contribution in [3.8, 4) is 11.5 Å². The monoisotopic (exact) mass is 259 g/mol. The zero-order valence-corrected chi connectivity index (χ0v) is 9.74. The molecule has 1 aliphatic rings. The summed E-state index contributed by atoms with van der Waals surface area (Å²) in [5.41, 5.74) is 5.68. The Bertz CT molecular complexity index is 425. The SMILES string of the molecule is Nc1c(Cl)c(N([O-])O)cc2c1OCCCCO2. The molecule has 17 heavy (non-hydrogen) atoms. The fourth-order valence-corrected chi connectivity index (χ4v) is 1.79. The Balaban J connectivity index is 2.50. The van der Waals surface area contributed by atoms with Crippen molar-refractivity contribution in [3.05, 3.63) is 16.3 Å². The second kappa shape index (κ2) is 4.87. The van der Waals surface area contributed by atoms with Crippen molar-refractivity contribution in [2.45, 2.75) is 12.8 Å². The first-order valence-corrected chi connectivity index (χ1v) is 5.52. The molecule has 3 N–H and O–H groups in total. The third-order valence-electron chi connectivity index (χ3n) is 2.45. The molecular formula is C10H12ClN2O4-. The van der Waals surface area contributed by atoms with Gasteiger partial charge in [-0.3, -0.25) is 5.21 Å². The molecule has 0 aliphatic carbocycles. The van der Waals surface area contributed by atoms with E-state index in [4.69, 9.17) is 32.0 Å². The average Bonchev–Trinajstić information content (AvgIpc) is 2.24. The number of rotatable bonds is 1. The maximum atomic E-state index is 10.9. The number of hydrogen-bond acceptors (Lipinski definition) is 6. The van der Waals surface area contributed by atoms with Crippen LogP contribution >= 0.6 is 11.6 Å². The molecule has 1 aromatic rings. The number of hydrogen-bond donors (Lipinski definition) is 2. The predicted octanol–water partition coefficient (Wildman–Crippen LogP) is 2.17. The van der Waals surface area contributed by atoms with E-state index in [2.05, 4.69) is 0 Å². The van der Waals surface area contributed by atoms with Gasteiger partial charge in [-0.25, -0.2) is 0 Å². The Morgan fingerprint density at radius 3 is 2.65 bits per heavy atom. The summed E-state index contributed by atoms with van der Waals surface area (Å²) < 4.78 is 10.9. The Labute approximate surface area is 103 Å². The van der Waals surface area contributed by atoms with Crippen molar-refractivity contribution in [1.29, 1.82) is 0 Å². The second-order valence-corrected chi connectivity index (χ2v) is 4.01. The fourth-order valence-electron chi connectivity index (χ4n) is 1.58. The van der Waals surface area contributed by atoms with Crippen LogP contribution in [0, 0.1) is 5.21 Å². The molecular weight excluding hydrogens is 248 g/mol. The van der Waals surface area contributed by atoms with Crippen LogP contribution < -0.4 is 20.4 Å². The molecule has 0 saturated carbocycles. The van der Waals surface area contributed by atoms with Gasteiger partial charge in [0.05, 0.1) is 29.6 Å². The van der Waals surface area contributed by atoms with Gasteiger partial charge in [-0.15, -0.1) is 0 Å². The Hall–Kier alpha value is -1.37. The minimum absolute atomic E-state index is 0.0505. The van der Waals surface area contributed by atoms with Gasteiger partial charge in [0.1, 0.15) is 0 Å². The minimum atomic E-state index is -0.346. The molecule has 0 spiro atoms. The molecule has 0 bridgehead atoms. The Kier molecular flexibility index (Phi) is 3.46. The van der Waals surface area contributed by atoms with Gasteiger partial charge in [-0.2, -0.15) is 0 Å². The lowest BCUT2D eigenvalue weighted by atomic mass is 10.2. The molecule has 1 aromatic carbocycles. The van der Waals surface area contributed by atoms with Crippen LogP contribution in [0.2, 0.25) is 5.02 Å². The third-order valence-corrected chi connectivity index (χ3v) is 2.84. The lowest BCUT2D eigenvalue weighted by molar-refractivity contribution is 0.224. The van der Waals surface area contributed by atoms with Gasteiger partial charge >= 0.3 is 0 Å². The lowest BCUT2D eigenvalue weighted by Crippen LogP contribution is -2.13. The van der Waals surface area contributed by atoms with Crippen molar-refractivity contribution in [3.63, 3.8) is 0 Å². The first kappa shape index (κ1) is 12.1. The van der Waals surface area contributed by atoms with E-state index >= 15 is 0 Å². The summed E-state index contributed by atoms with van der Waals surface area (Å²) in [7, 11) is 0. The number of nitrogens with two attached hydrogens (primary N) is 1. The normalized spacial score (nSPS) is 15.0. The lowest BCUT2D eigenvalue weighted by Gasteiger charge is -2.26. The molecule has 0 fully saturated rings. The molecule has 94 valence electrons. The largest absolute Gasteiger partial charge is 0.733 e. The van der Waals surface area contributed by atoms with Crippen molar-refractivity contribution in [2.75, 3.05) is 24.2 Å². The first-order chi connectivity index (χ1) is 8.11. The molecule has 0 unspecified atom stereocenters. The molecule has 0 radical (unpaired) electrons. The van der Waals surface area contributed by atoms with E-state index < -0.39 is 0 Å². The van der Waals surface area contributed by atoms with Crippen molar-refractivity contribution >= 4 is 23.0 Å². The standard InChI is InChI=1S/C10H12ClN2O4/c11-8-6(13(14)15)5-7-10(9(8)12)17-4-2-1-3-16-7/h5,14H,1-4,12H2/q-1. The number of anilines is 2. The number of ether oxygens (including phenoxy) is 2. The van der Waals surface area contributed by atoms with E-state index in [1.807, 2.05) is 0 Å². The summed E-state index contributed by atoms with van der Waals surface area (Å²) in [5.74, 6) is 0.636. The highest BCUT2D eigenvalue weighted by Crippen LogP contribution is 2.45. The van der Waals surface area contributed by atoms with Crippen molar-refractivity contribution < 1.29 is 14.7 Å². The predicted molar refractivity (Wildman–Crippen MR) is 63.7 cm³/mol. The zero-order valence-electron chi connectivity index (χ0n) is 8.98. The quantitative estimate of drug-likeness (QED) is 0.593. The van der Waals surface area contributed by atoms with Gasteiger partial charge in [-0.1, -0.05) is 11.6 Å². The van der Waals surface area contributed by atoms with E-state index in [-0.39, 0.29) is 21.6 Å². The summed E-state index contributed by atoms with van der Waals surface area (Å²) in [5, 5.41) is 19.4. The molecule has 2 rings (SSSR count). The van der Waals surface area contributed by atoms with Crippen molar-refractivity contribution in [1.82, 2.24) is 0 Å². The zero-order chi connectivity index (χ0) is 12.4. The summed E-state index contributed by atoms with van der Waals surface area (Å²) in [6, 6.07) is 1.31. The second-order valence-electron chi connectivity index (χ2n) is 3.63. The summed E-state index contributed by atoms with van der Waals surface area (Å²) in [6.07, 6.45) is 1.70. The third kappa shape index (κ3) is 2.33. The maximum Gasteiger partial charge on any atom is 0.185 e. The van der Waals surface area contributed by atoms with E-state index in [0.29, 0.717) is 24.7 Å². The van der Waals surface area contributed by atoms with E-state index in [1.165, 1.54) is 6.07 Å². The van der Waals surface area contributed by atoms with E-state index in [0.717, 1.165) is 12.8 Å². The van der Waals surface area contributed by atoms with Crippen LogP contribution in [0.4, 0.5) is 11.4 Å².